The van der Waals surface area contributed by atoms with Crippen LogP contribution in [0.2, 0.25) is 5.02 Å². The molecule has 3 N–H and O–H groups in total. The number of piperidine rings is 1. The van der Waals surface area contributed by atoms with Crippen molar-refractivity contribution >= 4 is 51.8 Å². The van der Waals surface area contributed by atoms with Crippen LogP contribution in [0.1, 0.15) is 19.8 Å². The Morgan fingerprint density at radius 3 is 2.86 bits per heavy atom. The second-order valence-electron chi connectivity index (χ2n) is 8.50. The largest absolute Gasteiger partial charge is 0.479 e. The average Bonchev–Trinajstić information content (AvgIpc) is 2.86. The number of hydrogen-bond donors (Lipinski definition) is 3. The van der Waals surface area contributed by atoms with Crippen molar-refractivity contribution in [1.29, 1.82) is 0 Å². The number of hydrogen-bond acceptors (Lipinski definition) is 8. The van der Waals surface area contributed by atoms with Crippen LogP contribution in [0.15, 0.2) is 35.3 Å². The van der Waals surface area contributed by atoms with Crippen LogP contribution < -0.4 is 25.8 Å². The fraction of sp³-hybridized carbons (Fsp3) is 0.375. The molecule has 1 aromatic carbocycles. The Morgan fingerprint density at radius 2 is 2.11 bits per heavy atom. The first kappa shape index (κ1) is 25.2. The number of carboxylic acids is 1. The average molecular weight is 515 g/mol. The molecule has 1 amide bonds. The van der Waals surface area contributed by atoms with E-state index in [0.717, 1.165) is 19.4 Å². The molecule has 190 valence electrons. The summed E-state index contributed by atoms with van der Waals surface area (Å²) in [6, 6.07) is 6.84. The van der Waals surface area contributed by atoms with E-state index in [1.165, 1.54) is 16.8 Å². The molecule has 1 unspecified atom stereocenters. The van der Waals surface area contributed by atoms with Crippen molar-refractivity contribution in [2.24, 2.45) is 13.0 Å². The highest BCUT2D eigenvalue weighted by Gasteiger charge is 2.27. The molecule has 0 saturated carbocycles. The van der Waals surface area contributed by atoms with Crippen LogP contribution in [0, 0.1) is 5.92 Å². The minimum atomic E-state index is -1.17. The number of halogens is 1. The third kappa shape index (κ3) is 5.51. The zero-order chi connectivity index (χ0) is 25.8. The molecule has 1 fully saturated rings. The molecule has 36 heavy (non-hydrogen) atoms. The SMILES string of the molecule is CCNC(=O)C1CCCN(c2ncc(Cl)c(Nc3ccc4c(c3)cc(OCC(=O)O)c(=O)n4C)n2)C1. The smallest absolute Gasteiger partial charge is 0.341 e. The summed E-state index contributed by atoms with van der Waals surface area (Å²) in [6.07, 6.45) is 3.19. The van der Waals surface area contributed by atoms with Gasteiger partial charge in [0.1, 0.15) is 5.02 Å². The molecule has 0 radical (unpaired) electrons. The number of aliphatic carboxylic acids is 1. The minimum Gasteiger partial charge on any atom is -0.479 e. The highest BCUT2D eigenvalue weighted by molar-refractivity contribution is 6.32. The fourth-order valence-electron chi connectivity index (χ4n) is 4.20. The van der Waals surface area contributed by atoms with Crippen LogP contribution >= 0.6 is 11.6 Å². The van der Waals surface area contributed by atoms with Crippen LogP contribution in [-0.4, -0.2) is 57.8 Å². The number of benzene rings is 1. The molecule has 0 spiro atoms. The van der Waals surface area contributed by atoms with Crippen LogP contribution in [-0.2, 0) is 16.6 Å². The van der Waals surface area contributed by atoms with Gasteiger partial charge in [-0.3, -0.25) is 9.59 Å². The summed E-state index contributed by atoms with van der Waals surface area (Å²) in [4.78, 5) is 46.6. The Balaban J connectivity index is 1.59. The van der Waals surface area contributed by atoms with Gasteiger partial charge in [-0.25, -0.2) is 9.78 Å². The van der Waals surface area contributed by atoms with Crippen molar-refractivity contribution in [2.75, 3.05) is 36.5 Å². The number of nitrogens with one attached hydrogen (secondary N) is 2. The number of carbonyl (C=O) groups excluding carboxylic acids is 1. The lowest BCUT2D eigenvalue weighted by molar-refractivity contribution is -0.139. The van der Waals surface area contributed by atoms with E-state index in [1.54, 1.807) is 25.2 Å². The van der Waals surface area contributed by atoms with Gasteiger partial charge in [-0.05, 0) is 44.0 Å². The lowest BCUT2D eigenvalue weighted by Gasteiger charge is -2.32. The molecular formula is C24H27ClN6O5. The summed E-state index contributed by atoms with van der Waals surface area (Å²) in [5, 5.41) is 15.9. The Labute approximate surface area is 212 Å². The van der Waals surface area contributed by atoms with Gasteiger partial charge < -0.3 is 29.9 Å². The van der Waals surface area contributed by atoms with E-state index in [2.05, 4.69) is 20.6 Å². The molecule has 2 aromatic heterocycles. The van der Waals surface area contributed by atoms with E-state index < -0.39 is 18.1 Å². The number of aromatic nitrogens is 3. The first-order valence-electron chi connectivity index (χ1n) is 11.6. The van der Waals surface area contributed by atoms with Crippen molar-refractivity contribution in [3.63, 3.8) is 0 Å². The summed E-state index contributed by atoms with van der Waals surface area (Å²) in [7, 11) is 1.59. The van der Waals surface area contributed by atoms with Gasteiger partial charge in [0.2, 0.25) is 11.9 Å². The molecule has 1 aliphatic rings. The van der Waals surface area contributed by atoms with E-state index in [-0.39, 0.29) is 17.6 Å². The van der Waals surface area contributed by atoms with Crippen LogP contribution in [0.5, 0.6) is 5.75 Å². The molecule has 12 heteroatoms. The van der Waals surface area contributed by atoms with Crippen LogP contribution in [0.25, 0.3) is 10.9 Å². The van der Waals surface area contributed by atoms with Crippen LogP contribution in [0.3, 0.4) is 0 Å². The summed E-state index contributed by atoms with van der Waals surface area (Å²) in [5.74, 6) is -0.450. The third-order valence-electron chi connectivity index (χ3n) is 5.96. The molecule has 0 bridgehead atoms. The first-order chi connectivity index (χ1) is 17.3. The van der Waals surface area contributed by atoms with Gasteiger partial charge in [-0.1, -0.05) is 11.6 Å². The van der Waals surface area contributed by atoms with E-state index in [1.807, 2.05) is 11.8 Å². The highest BCUT2D eigenvalue weighted by atomic mass is 35.5. The van der Waals surface area contributed by atoms with Gasteiger partial charge in [0.15, 0.2) is 18.2 Å². The summed E-state index contributed by atoms with van der Waals surface area (Å²) >= 11 is 6.37. The minimum absolute atomic E-state index is 0.0341. The molecule has 4 rings (SSSR count). The molecule has 0 aliphatic carbocycles. The number of anilines is 3. The molecule has 3 aromatic rings. The van der Waals surface area contributed by atoms with Gasteiger partial charge in [0.25, 0.3) is 5.56 Å². The Morgan fingerprint density at radius 1 is 1.31 bits per heavy atom. The van der Waals surface area contributed by atoms with Gasteiger partial charge >= 0.3 is 5.97 Å². The van der Waals surface area contributed by atoms with E-state index >= 15 is 0 Å². The molecule has 1 aliphatic heterocycles. The molecule has 1 atom stereocenters. The maximum Gasteiger partial charge on any atom is 0.341 e. The Hall–Kier alpha value is -3.86. The van der Waals surface area contributed by atoms with Crippen molar-refractivity contribution in [3.8, 4) is 5.75 Å². The third-order valence-corrected chi connectivity index (χ3v) is 6.24. The number of rotatable bonds is 8. The second-order valence-corrected chi connectivity index (χ2v) is 8.91. The number of ether oxygens (including phenoxy) is 1. The maximum atomic E-state index is 12.5. The van der Waals surface area contributed by atoms with Gasteiger partial charge in [-0.15, -0.1) is 0 Å². The Kier molecular flexibility index (Phi) is 7.58. The number of aryl methyl sites for hydroxylation is 1. The first-order valence-corrected chi connectivity index (χ1v) is 11.9. The molecule has 3 heterocycles. The zero-order valence-electron chi connectivity index (χ0n) is 20.0. The normalized spacial score (nSPS) is 15.5. The number of amides is 1. The quantitative estimate of drug-likeness (QED) is 0.413. The van der Waals surface area contributed by atoms with Crippen molar-refractivity contribution in [3.05, 3.63) is 45.8 Å². The number of carbonyl (C=O) groups is 2. The summed E-state index contributed by atoms with van der Waals surface area (Å²) in [6.45, 7) is 3.13. The predicted molar refractivity (Wildman–Crippen MR) is 136 cm³/mol. The summed E-state index contributed by atoms with van der Waals surface area (Å²) in [5.41, 5.74) is 0.864. The number of nitrogens with zero attached hydrogens (tertiary/aromatic N) is 4. The monoisotopic (exact) mass is 514 g/mol. The van der Waals surface area contributed by atoms with Crippen LogP contribution in [0.4, 0.5) is 17.5 Å². The Bertz CT molecular complexity index is 1360. The molecule has 11 nitrogen and oxygen atoms in total. The second kappa shape index (κ2) is 10.8. The molecular weight excluding hydrogens is 488 g/mol. The van der Waals surface area contributed by atoms with Gasteiger partial charge in [0.05, 0.1) is 17.6 Å². The van der Waals surface area contributed by atoms with E-state index in [0.29, 0.717) is 46.5 Å². The lowest BCUT2D eigenvalue weighted by Crippen LogP contribution is -2.43. The van der Waals surface area contributed by atoms with Crippen molar-refractivity contribution < 1.29 is 19.4 Å². The number of fused-ring (bicyclic) bond motifs is 1. The maximum absolute atomic E-state index is 12.5. The van der Waals surface area contributed by atoms with E-state index in [9.17, 15) is 14.4 Å². The number of carboxylic acid groups (broad SMARTS) is 1. The topological polar surface area (TPSA) is 139 Å². The predicted octanol–water partition coefficient (Wildman–Crippen LogP) is 2.54. The fourth-order valence-corrected chi connectivity index (χ4v) is 4.34. The van der Waals surface area contributed by atoms with Gasteiger partial charge in [-0.2, -0.15) is 4.98 Å². The number of pyridine rings is 1. The lowest BCUT2D eigenvalue weighted by atomic mass is 9.97. The van der Waals surface area contributed by atoms with Gasteiger partial charge in [0, 0.05) is 37.8 Å². The molecule has 1 saturated heterocycles. The van der Waals surface area contributed by atoms with Crippen molar-refractivity contribution in [1.82, 2.24) is 19.9 Å². The van der Waals surface area contributed by atoms with E-state index in [4.69, 9.17) is 21.4 Å². The standard InChI is InChI=1S/C24H27ClN6O5/c1-3-26-22(34)14-5-4-8-31(12-14)24-27-11-17(25)21(29-24)28-16-6-7-18-15(9-16)10-19(23(35)30(18)2)36-13-20(32)33/h6-7,9-11,14H,3-5,8,12-13H2,1-2H3,(H,26,34)(H,32,33)(H,27,28,29). The summed E-state index contributed by atoms with van der Waals surface area (Å²) < 4.78 is 6.56. The highest BCUT2D eigenvalue weighted by Crippen LogP contribution is 2.29. The van der Waals surface area contributed by atoms with Crippen molar-refractivity contribution in [2.45, 2.75) is 19.8 Å². The zero-order valence-corrected chi connectivity index (χ0v) is 20.7.